The van der Waals surface area contributed by atoms with Gasteiger partial charge in [0.25, 0.3) is 0 Å². The van der Waals surface area contributed by atoms with Gasteiger partial charge in [-0.2, -0.15) is 0 Å². The summed E-state index contributed by atoms with van der Waals surface area (Å²) in [6.45, 7) is 6.66. The standard InChI is InChI=1S/C12H16FNO.C2H6/c13-11-3-1-10(2-4-11)9-15-12-5-7-14-8-6-12;1-2/h1-4,12,14H,5-9H2;1-2H3. The third-order valence-corrected chi connectivity index (χ3v) is 2.69. The zero-order chi connectivity index (χ0) is 12.5. The Kier molecular flexibility index (Phi) is 6.82. The normalized spacial score (nSPS) is 16.2. The minimum atomic E-state index is -0.194. The van der Waals surface area contributed by atoms with Gasteiger partial charge in [0, 0.05) is 0 Å². The van der Waals surface area contributed by atoms with Crippen LogP contribution in [0.4, 0.5) is 4.39 Å². The molecular weight excluding hydrogens is 217 g/mol. The molecule has 0 aliphatic carbocycles. The molecule has 1 fully saturated rings. The van der Waals surface area contributed by atoms with Crippen LogP contribution in [-0.4, -0.2) is 19.2 Å². The molecule has 1 aliphatic heterocycles. The Balaban J connectivity index is 0.000000686. The smallest absolute Gasteiger partial charge is 0.123 e. The first-order valence-electron chi connectivity index (χ1n) is 6.41. The molecule has 0 bridgehead atoms. The van der Waals surface area contributed by atoms with Crippen molar-refractivity contribution < 1.29 is 9.13 Å². The van der Waals surface area contributed by atoms with Crippen molar-refractivity contribution >= 4 is 0 Å². The minimum absolute atomic E-state index is 0.194. The molecule has 1 aromatic rings. The summed E-state index contributed by atoms with van der Waals surface area (Å²) < 4.78 is 18.4. The quantitative estimate of drug-likeness (QED) is 0.875. The summed E-state index contributed by atoms with van der Waals surface area (Å²) in [7, 11) is 0. The second kappa shape index (κ2) is 8.20. The van der Waals surface area contributed by atoms with Gasteiger partial charge >= 0.3 is 0 Å². The number of ether oxygens (including phenoxy) is 1. The highest BCUT2D eigenvalue weighted by atomic mass is 19.1. The van der Waals surface area contributed by atoms with Crippen molar-refractivity contribution in [2.24, 2.45) is 0 Å². The average Bonchev–Trinajstić information content (AvgIpc) is 2.42. The zero-order valence-electron chi connectivity index (χ0n) is 10.7. The maximum Gasteiger partial charge on any atom is 0.123 e. The summed E-state index contributed by atoms with van der Waals surface area (Å²) in [5.41, 5.74) is 1.04. The van der Waals surface area contributed by atoms with Crippen molar-refractivity contribution in [2.45, 2.75) is 39.4 Å². The lowest BCUT2D eigenvalue weighted by Crippen LogP contribution is -2.32. The van der Waals surface area contributed by atoms with Crippen molar-refractivity contribution in [3.63, 3.8) is 0 Å². The van der Waals surface area contributed by atoms with Gasteiger partial charge in [-0.15, -0.1) is 0 Å². The first kappa shape index (κ1) is 14.1. The Bertz CT molecular complexity index is 294. The van der Waals surface area contributed by atoms with Crippen molar-refractivity contribution in [2.75, 3.05) is 13.1 Å². The Morgan fingerprint density at radius 2 is 1.76 bits per heavy atom. The Hall–Kier alpha value is -0.930. The van der Waals surface area contributed by atoms with Gasteiger partial charge in [0.15, 0.2) is 0 Å². The lowest BCUT2D eigenvalue weighted by Gasteiger charge is -2.22. The predicted octanol–water partition coefficient (Wildman–Crippen LogP) is 3.12. The maximum atomic E-state index is 12.6. The second-order valence-electron chi connectivity index (χ2n) is 3.89. The Morgan fingerprint density at radius 3 is 2.35 bits per heavy atom. The van der Waals surface area contributed by atoms with E-state index in [9.17, 15) is 4.39 Å². The summed E-state index contributed by atoms with van der Waals surface area (Å²) in [6, 6.07) is 6.50. The number of piperidine rings is 1. The van der Waals surface area contributed by atoms with Gasteiger partial charge in [-0.1, -0.05) is 26.0 Å². The molecule has 0 atom stereocenters. The Labute approximate surface area is 103 Å². The van der Waals surface area contributed by atoms with Gasteiger partial charge in [-0.05, 0) is 43.6 Å². The van der Waals surface area contributed by atoms with Crippen molar-refractivity contribution in [1.29, 1.82) is 0 Å². The van der Waals surface area contributed by atoms with E-state index in [-0.39, 0.29) is 5.82 Å². The number of hydrogen-bond acceptors (Lipinski definition) is 2. The molecule has 1 saturated heterocycles. The van der Waals surface area contributed by atoms with Crippen LogP contribution in [0.1, 0.15) is 32.3 Å². The number of nitrogens with one attached hydrogen (secondary N) is 1. The minimum Gasteiger partial charge on any atom is -0.373 e. The van der Waals surface area contributed by atoms with Crippen LogP contribution in [0, 0.1) is 5.82 Å². The third-order valence-electron chi connectivity index (χ3n) is 2.69. The van der Waals surface area contributed by atoms with Gasteiger partial charge in [0.05, 0.1) is 12.7 Å². The molecule has 0 saturated carbocycles. The van der Waals surface area contributed by atoms with Gasteiger partial charge in [0.2, 0.25) is 0 Å². The monoisotopic (exact) mass is 239 g/mol. The van der Waals surface area contributed by atoms with Crippen LogP contribution < -0.4 is 5.32 Å². The number of hydrogen-bond donors (Lipinski definition) is 1. The maximum absolute atomic E-state index is 12.6. The largest absolute Gasteiger partial charge is 0.373 e. The fraction of sp³-hybridized carbons (Fsp3) is 0.571. The van der Waals surface area contributed by atoms with E-state index in [0.717, 1.165) is 31.5 Å². The molecule has 0 radical (unpaired) electrons. The molecule has 0 aromatic heterocycles. The molecular formula is C14H22FNO. The van der Waals surface area contributed by atoms with E-state index in [1.165, 1.54) is 12.1 Å². The van der Waals surface area contributed by atoms with Gasteiger partial charge < -0.3 is 10.1 Å². The first-order valence-corrected chi connectivity index (χ1v) is 6.41. The Morgan fingerprint density at radius 1 is 1.18 bits per heavy atom. The summed E-state index contributed by atoms with van der Waals surface area (Å²) in [5, 5.41) is 3.29. The highest BCUT2D eigenvalue weighted by Gasteiger charge is 2.12. The summed E-state index contributed by atoms with van der Waals surface area (Å²) in [5.74, 6) is -0.194. The predicted molar refractivity (Wildman–Crippen MR) is 68.4 cm³/mol. The van der Waals surface area contributed by atoms with Gasteiger partial charge in [-0.25, -0.2) is 4.39 Å². The molecule has 2 rings (SSSR count). The van der Waals surface area contributed by atoms with Crippen LogP contribution in [-0.2, 0) is 11.3 Å². The van der Waals surface area contributed by atoms with Crippen LogP contribution in [0.3, 0.4) is 0 Å². The highest BCUT2D eigenvalue weighted by Crippen LogP contribution is 2.11. The molecule has 2 nitrogen and oxygen atoms in total. The van der Waals surface area contributed by atoms with Crippen molar-refractivity contribution in [3.8, 4) is 0 Å². The van der Waals surface area contributed by atoms with Crippen molar-refractivity contribution in [3.05, 3.63) is 35.6 Å². The van der Waals surface area contributed by atoms with Gasteiger partial charge in [0.1, 0.15) is 5.82 Å². The number of rotatable bonds is 3. The summed E-state index contributed by atoms with van der Waals surface area (Å²) in [4.78, 5) is 0. The van der Waals surface area contributed by atoms with Crippen LogP contribution in [0.5, 0.6) is 0 Å². The van der Waals surface area contributed by atoms with E-state index in [1.807, 2.05) is 13.8 Å². The molecule has 0 unspecified atom stereocenters. The molecule has 17 heavy (non-hydrogen) atoms. The molecule has 0 spiro atoms. The lowest BCUT2D eigenvalue weighted by molar-refractivity contribution is 0.0212. The zero-order valence-corrected chi connectivity index (χ0v) is 10.7. The summed E-state index contributed by atoms with van der Waals surface area (Å²) in [6.07, 6.45) is 2.50. The van der Waals surface area contributed by atoms with E-state index >= 15 is 0 Å². The molecule has 0 amide bonds. The van der Waals surface area contributed by atoms with Crippen LogP contribution in [0.2, 0.25) is 0 Å². The molecule has 3 heteroatoms. The fourth-order valence-corrected chi connectivity index (χ4v) is 1.76. The topological polar surface area (TPSA) is 21.3 Å². The number of benzene rings is 1. The fourth-order valence-electron chi connectivity index (χ4n) is 1.76. The van der Waals surface area contributed by atoms with E-state index in [2.05, 4.69) is 5.32 Å². The molecule has 1 aliphatic rings. The van der Waals surface area contributed by atoms with E-state index in [4.69, 9.17) is 4.74 Å². The average molecular weight is 239 g/mol. The lowest BCUT2D eigenvalue weighted by atomic mass is 10.1. The summed E-state index contributed by atoms with van der Waals surface area (Å²) >= 11 is 0. The van der Waals surface area contributed by atoms with E-state index in [1.54, 1.807) is 12.1 Å². The van der Waals surface area contributed by atoms with Crippen LogP contribution >= 0.6 is 0 Å². The van der Waals surface area contributed by atoms with E-state index in [0.29, 0.717) is 12.7 Å². The third kappa shape index (κ3) is 5.29. The van der Waals surface area contributed by atoms with Gasteiger partial charge in [-0.3, -0.25) is 0 Å². The molecule has 96 valence electrons. The first-order chi connectivity index (χ1) is 8.34. The SMILES string of the molecule is CC.Fc1ccc(COC2CCNCC2)cc1. The van der Waals surface area contributed by atoms with Crippen LogP contribution in [0.25, 0.3) is 0 Å². The van der Waals surface area contributed by atoms with Crippen molar-refractivity contribution in [1.82, 2.24) is 5.32 Å². The number of halogens is 1. The molecule has 1 N–H and O–H groups in total. The van der Waals surface area contributed by atoms with E-state index < -0.39 is 0 Å². The van der Waals surface area contributed by atoms with Crippen LogP contribution in [0.15, 0.2) is 24.3 Å². The highest BCUT2D eigenvalue weighted by molar-refractivity contribution is 5.14. The molecule has 1 heterocycles. The molecule has 1 aromatic carbocycles. The second-order valence-corrected chi connectivity index (χ2v) is 3.89.